The molecule has 44 heavy (non-hydrogen) atoms. The highest BCUT2D eigenvalue weighted by atomic mass is 32.2. The third-order valence-electron chi connectivity index (χ3n) is 7.84. The lowest BCUT2D eigenvalue weighted by Crippen LogP contribution is -2.53. The summed E-state index contributed by atoms with van der Waals surface area (Å²) in [4.78, 5) is 10.8. The third kappa shape index (κ3) is 8.39. The molecular formula is C32H39F6NO3SSi. The topological polar surface area (TPSA) is 64.5 Å². The van der Waals surface area contributed by atoms with Gasteiger partial charge in [-0.2, -0.15) is 17.6 Å². The van der Waals surface area contributed by atoms with E-state index in [9.17, 15) is 26.9 Å². The second-order valence-corrected chi connectivity index (χ2v) is 19.6. The van der Waals surface area contributed by atoms with E-state index in [2.05, 4.69) is 9.46 Å². The van der Waals surface area contributed by atoms with Gasteiger partial charge in [-0.25, -0.2) is 8.78 Å². The van der Waals surface area contributed by atoms with Gasteiger partial charge in [-0.1, -0.05) is 56.3 Å². The fraction of sp³-hybridized carbons (Fsp3) is 0.438. The quantitative estimate of drug-likeness (QED) is 0.117. The van der Waals surface area contributed by atoms with Crippen molar-refractivity contribution < 1.29 is 40.4 Å². The molecular weight excluding hydrogens is 620 g/mol. The number of hydrogen-bond donors (Lipinski definition) is 2. The first-order valence-electron chi connectivity index (χ1n) is 14.0. The average molecular weight is 660 g/mol. The molecule has 242 valence electrons. The minimum atomic E-state index is -4.92. The maximum atomic E-state index is 15.9. The molecule has 0 radical (unpaired) electrons. The zero-order chi connectivity index (χ0) is 33.3. The van der Waals surface area contributed by atoms with Gasteiger partial charge in [0.05, 0.1) is 0 Å². The molecule has 3 rings (SSSR count). The van der Waals surface area contributed by atoms with E-state index in [1.165, 1.54) is 12.1 Å². The fourth-order valence-electron chi connectivity index (χ4n) is 4.46. The highest BCUT2D eigenvalue weighted by Gasteiger charge is 2.46. The summed E-state index contributed by atoms with van der Waals surface area (Å²) in [7, 11) is -2.72. The Balaban J connectivity index is 2.32. The van der Waals surface area contributed by atoms with Crippen LogP contribution in [-0.2, 0) is 29.7 Å². The van der Waals surface area contributed by atoms with E-state index < -0.39 is 64.9 Å². The highest BCUT2D eigenvalue weighted by Crippen LogP contribution is 2.42. The van der Waals surface area contributed by atoms with Crippen molar-refractivity contribution in [3.63, 3.8) is 0 Å². The van der Waals surface area contributed by atoms with E-state index >= 15 is 8.78 Å². The summed E-state index contributed by atoms with van der Waals surface area (Å²) in [6, 6.07) is 15.5. The van der Waals surface area contributed by atoms with Crippen LogP contribution in [0.3, 0.4) is 0 Å². The maximum Gasteiger partial charge on any atom is 0.461 e. The predicted octanol–water partition coefficient (Wildman–Crippen LogP) is 8.26. The summed E-state index contributed by atoms with van der Waals surface area (Å²) in [5.74, 6) is -2.62. The van der Waals surface area contributed by atoms with Crippen LogP contribution in [0.15, 0.2) is 66.7 Å². The first kappa shape index (κ1) is 36.0. The number of halogens is 6. The van der Waals surface area contributed by atoms with Crippen molar-refractivity contribution in [2.24, 2.45) is 0 Å². The van der Waals surface area contributed by atoms with Crippen LogP contribution in [0.4, 0.5) is 26.3 Å². The molecule has 0 bridgehead atoms. The summed E-state index contributed by atoms with van der Waals surface area (Å²) in [5.41, 5.74) is -0.710. The van der Waals surface area contributed by atoms with Gasteiger partial charge >= 0.3 is 12.5 Å². The van der Waals surface area contributed by atoms with Crippen LogP contribution in [0, 0.1) is 11.6 Å². The molecule has 3 aromatic carbocycles. The zero-order valence-corrected chi connectivity index (χ0v) is 27.6. The van der Waals surface area contributed by atoms with Crippen LogP contribution in [0.1, 0.15) is 56.9 Å². The van der Waals surface area contributed by atoms with Crippen LogP contribution in [-0.4, -0.2) is 34.9 Å². The summed E-state index contributed by atoms with van der Waals surface area (Å²) in [5, 5.41) is -0.604. The largest absolute Gasteiger partial charge is 0.598 e. The van der Waals surface area contributed by atoms with E-state index in [-0.39, 0.29) is 24.0 Å². The second-order valence-electron chi connectivity index (χ2n) is 13.1. The van der Waals surface area contributed by atoms with Crippen molar-refractivity contribution in [2.75, 3.05) is 0 Å². The van der Waals surface area contributed by atoms with Crippen molar-refractivity contribution in [3.8, 4) is 5.75 Å². The monoisotopic (exact) mass is 659 g/mol. The molecule has 0 spiro atoms. The van der Waals surface area contributed by atoms with Crippen LogP contribution in [0.25, 0.3) is 0 Å². The average Bonchev–Trinajstić information content (AvgIpc) is 2.88. The Morgan fingerprint density at radius 1 is 0.886 bits per heavy atom. The van der Waals surface area contributed by atoms with Crippen molar-refractivity contribution in [1.29, 1.82) is 0 Å². The molecule has 0 unspecified atom stereocenters. The Hall–Kier alpha value is -2.51. The number of hydrogen-bond acceptors (Lipinski definition) is 4. The van der Waals surface area contributed by atoms with Gasteiger partial charge in [0.2, 0.25) is 0 Å². The van der Waals surface area contributed by atoms with Gasteiger partial charge in [-0.05, 0) is 85.8 Å². The van der Waals surface area contributed by atoms with Crippen molar-refractivity contribution in [1.82, 2.24) is 4.72 Å². The van der Waals surface area contributed by atoms with Gasteiger partial charge in [-0.15, -0.1) is 4.72 Å². The lowest BCUT2D eigenvalue weighted by atomic mass is 9.78. The molecule has 0 aromatic heterocycles. The maximum absolute atomic E-state index is 15.9. The minimum absolute atomic E-state index is 0.0648. The van der Waals surface area contributed by atoms with E-state index in [0.29, 0.717) is 17.2 Å². The zero-order valence-electron chi connectivity index (χ0n) is 25.8. The normalized spacial score (nSPS) is 15.3. The highest BCUT2D eigenvalue weighted by molar-refractivity contribution is 7.90. The molecule has 0 saturated carbocycles. The van der Waals surface area contributed by atoms with Gasteiger partial charge in [0.1, 0.15) is 27.7 Å². The molecule has 0 aliphatic heterocycles. The lowest BCUT2D eigenvalue weighted by Gasteiger charge is -2.39. The van der Waals surface area contributed by atoms with E-state index in [1.807, 2.05) is 13.8 Å². The van der Waals surface area contributed by atoms with Crippen molar-refractivity contribution >= 4 is 19.7 Å². The molecule has 12 heteroatoms. The molecule has 0 saturated heterocycles. The SMILES string of the molecule is CC(C)(C)[S@@+]([O-])N[C@@](Cc1ccccc1)(c1cc(F)cc(OC(F)(F)C(F)F)c1)c1ccc(CC(C)(C)[Si](C)(C)O)c(F)c1. The van der Waals surface area contributed by atoms with E-state index in [0.717, 1.165) is 12.1 Å². The minimum Gasteiger partial charge on any atom is -0.598 e. The molecule has 4 nitrogen and oxygen atoms in total. The smallest absolute Gasteiger partial charge is 0.461 e. The van der Waals surface area contributed by atoms with Crippen LogP contribution >= 0.6 is 0 Å². The number of ether oxygens (including phenoxy) is 1. The first-order chi connectivity index (χ1) is 20.1. The van der Waals surface area contributed by atoms with Gasteiger partial charge in [0.25, 0.3) is 0 Å². The second kappa shape index (κ2) is 13.1. The summed E-state index contributed by atoms with van der Waals surface area (Å²) in [6.07, 6.45) is -8.96. The Kier molecular flexibility index (Phi) is 10.7. The Morgan fingerprint density at radius 2 is 1.50 bits per heavy atom. The summed E-state index contributed by atoms with van der Waals surface area (Å²) >= 11 is -1.89. The predicted molar refractivity (Wildman–Crippen MR) is 164 cm³/mol. The number of benzene rings is 3. The lowest BCUT2D eigenvalue weighted by molar-refractivity contribution is -0.253. The molecule has 0 heterocycles. The molecule has 0 fully saturated rings. The van der Waals surface area contributed by atoms with Crippen LogP contribution in [0.5, 0.6) is 5.75 Å². The number of alkyl halides is 4. The van der Waals surface area contributed by atoms with Gasteiger partial charge in [0.15, 0.2) is 8.32 Å². The molecule has 0 aliphatic carbocycles. The molecule has 3 aromatic rings. The van der Waals surface area contributed by atoms with Crippen LogP contribution < -0.4 is 9.46 Å². The fourth-order valence-corrected chi connectivity index (χ4v) is 6.01. The summed E-state index contributed by atoms with van der Waals surface area (Å²) in [6.45, 7) is 12.3. The van der Waals surface area contributed by atoms with E-state index in [1.54, 1.807) is 70.3 Å². The Morgan fingerprint density at radius 3 is 2.02 bits per heavy atom. The Labute approximate surface area is 259 Å². The van der Waals surface area contributed by atoms with Gasteiger partial charge in [-0.3, -0.25) is 0 Å². The van der Waals surface area contributed by atoms with Crippen molar-refractivity contribution in [2.45, 2.75) is 88.4 Å². The summed E-state index contributed by atoms with van der Waals surface area (Å²) < 4.78 is 105. The van der Waals surface area contributed by atoms with Crippen LogP contribution in [0.2, 0.25) is 18.1 Å². The number of nitrogens with one attached hydrogen (secondary N) is 1. The molecule has 2 N–H and O–H groups in total. The van der Waals surface area contributed by atoms with Crippen molar-refractivity contribution in [3.05, 3.63) is 101 Å². The van der Waals surface area contributed by atoms with E-state index in [4.69, 9.17) is 0 Å². The van der Waals surface area contributed by atoms with Gasteiger partial charge in [0, 0.05) is 23.8 Å². The first-order valence-corrected chi connectivity index (χ1v) is 18.1. The standard InChI is InChI=1S/C32H39F6NO3SSi/c1-29(2,3)43(40)39-31(19-21-11-9-8-10-12-21,24-15-25(33)18-26(16-24)42-32(37,38)28(35)36)23-14-13-22(27(34)17-23)20-30(4,5)44(6,7)41/h8-18,28,39,41H,19-20H2,1-7H3/t31-,43-/m1/s1. The molecule has 0 amide bonds. The number of rotatable bonds is 12. The van der Waals surface area contributed by atoms with Gasteiger partial charge < -0.3 is 14.1 Å². The third-order valence-corrected chi connectivity index (χ3v) is 13.0. The Bertz CT molecular complexity index is 1430. The molecule has 2 atom stereocenters. The molecule has 0 aliphatic rings.